The van der Waals surface area contributed by atoms with Gasteiger partial charge < -0.3 is 0 Å². The van der Waals surface area contributed by atoms with Crippen molar-refractivity contribution >= 4 is 27.6 Å². The van der Waals surface area contributed by atoms with Crippen LogP contribution < -0.4 is 0 Å². The minimum atomic E-state index is -3.52. The molecular formula is C22H24N2O5S. The molecule has 2 aromatic carbocycles. The van der Waals surface area contributed by atoms with Crippen LogP contribution in [0, 0.1) is 10.1 Å². The van der Waals surface area contributed by atoms with Crippen LogP contribution in [0.25, 0.3) is 6.08 Å². The summed E-state index contributed by atoms with van der Waals surface area (Å²) >= 11 is 0. The van der Waals surface area contributed by atoms with Gasteiger partial charge in [-0.05, 0) is 54.7 Å². The first-order valence-electron chi connectivity index (χ1n) is 9.81. The summed E-state index contributed by atoms with van der Waals surface area (Å²) in [5, 5.41) is 11.3. The van der Waals surface area contributed by atoms with E-state index in [0.717, 1.165) is 12.8 Å². The van der Waals surface area contributed by atoms with Gasteiger partial charge in [0.2, 0.25) is 10.0 Å². The molecule has 0 bridgehead atoms. The molecule has 1 heterocycles. The largest absolute Gasteiger partial charge is 0.289 e. The number of allylic oxidation sites excluding steroid dienone is 1. The average molecular weight is 429 g/mol. The van der Waals surface area contributed by atoms with Crippen LogP contribution >= 0.6 is 0 Å². The maximum absolute atomic E-state index is 12.6. The van der Waals surface area contributed by atoms with E-state index in [0.29, 0.717) is 29.8 Å². The standard InChI is InChI=1S/C22H24N2O5S/c1-16(2)20-11-5-17(15-21(20)24(26)27)6-12-22(25)18-7-9-19(10-8-18)30(28,29)23-13-3-4-14-23/h5-12,15-16H,3-4,13-14H2,1-2H3/b12-6+. The first-order chi connectivity index (χ1) is 14.2. The Morgan fingerprint density at radius 2 is 1.73 bits per heavy atom. The first-order valence-corrected chi connectivity index (χ1v) is 11.2. The number of nitro benzene ring substituents is 1. The molecule has 0 saturated carbocycles. The minimum Gasteiger partial charge on any atom is -0.289 e. The highest BCUT2D eigenvalue weighted by Gasteiger charge is 2.27. The van der Waals surface area contributed by atoms with Crippen LogP contribution in [0.4, 0.5) is 5.69 Å². The fourth-order valence-corrected chi connectivity index (χ4v) is 4.96. The SMILES string of the molecule is CC(C)c1ccc(/C=C/C(=O)c2ccc(S(=O)(=O)N3CCCC3)cc2)cc1[N+](=O)[O-]. The Hall–Kier alpha value is -2.84. The van der Waals surface area contributed by atoms with Crippen LogP contribution in [0.3, 0.4) is 0 Å². The molecule has 3 rings (SSSR count). The zero-order valence-corrected chi connectivity index (χ0v) is 17.8. The van der Waals surface area contributed by atoms with Gasteiger partial charge in [-0.2, -0.15) is 4.31 Å². The number of carbonyl (C=O) groups is 1. The van der Waals surface area contributed by atoms with E-state index in [1.54, 1.807) is 12.1 Å². The van der Waals surface area contributed by atoms with Crippen molar-refractivity contribution in [2.75, 3.05) is 13.1 Å². The molecule has 30 heavy (non-hydrogen) atoms. The van der Waals surface area contributed by atoms with Gasteiger partial charge in [-0.15, -0.1) is 0 Å². The fraction of sp³-hybridized carbons (Fsp3) is 0.318. The maximum atomic E-state index is 12.6. The highest BCUT2D eigenvalue weighted by molar-refractivity contribution is 7.89. The van der Waals surface area contributed by atoms with Crippen molar-refractivity contribution < 1.29 is 18.1 Å². The summed E-state index contributed by atoms with van der Waals surface area (Å²) in [5.74, 6) is -0.295. The van der Waals surface area contributed by atoms with Crippen LogP contribution in [-0.4, -0.2) is 36.5 Å². The normalized spacial score (nSPS) is 15.2. The molecule has 1 saturated heterocycles. The van der Waals surface area contributed by atoms with Crippen LogP contribution in [-0.2, 0) is 10.0 Å². The minimum absolute atomic E-state index is 0.0143. The van der Waals surface area contributed by atoms with Crippen LogP contribution in [0.5, 0.6) is 0 Å². The van der Waals surface area contributed by atoms with Gasteiger partial charge in [-0.1, -0.05) is 32.1 Å². The molecule has 0 unspecified atom stereocenters. The van der Waals surface area contributed by atoms with E-state index in [1.165, 1.54) is 46.8 Å². The van der Waals surface area contributed by atoms with Crippen molar-refractivity contribution in [1.82, 2.24) is 4.31 Å². The molecule has 0 aromatic heterocycles. The van der Waals surface area contributed by atoms with Crippen molar-refractivity contribution in [3.63, 3.8) is 0 Å². The predicted molar refractivity (Wildman–Crippen MR) is 115 cm³/mol. The van der Waals surface area contributed by atoms with Gasteiger partial charge in [0.15, 0.2) is 5.78 Å². The van der Waals surface area contributed by atoms with E-state index in [4.69, 9.17) is 0 Å². The van der Waals surface area contributed by atoms with E-state index in [-0.39, 0.29) is 22.3 Å². The Labute approximate surface area is 176 Å². The van der Waals surface area contributed by atoms with Gasteiger partial charge in [-0.3, -0.25) is 14.9 Å². The van der Waals surface area contributed by atoms with Gasteiger partial charge in [0.25, 0.3) is 5.69 Å². The number of ketones is 1. The number of carbonyl (C=O) groups excluding carboxylic acids is 1. The van der Waals surface area contributed by atoms with Crippen LogP contribution in [0.2, 0.25) is 0 Å². The summed E-state index contributed by atoms with van der Waals surface area (Å²) in [6.45, 7) is 4.81. The van der Waals surface area contributed by atoms with E-state index in [1.807, 2.05) is 13.8 Å². The summed E-state index contributed by atoms with van der Waals surface area (Å²) in [6.07, 6.45) is 4.57. The third-order valence-corrected chi connectivity index (χ3v) is 7.05. The zero-order chi connectivity index (χ0) is 21.9. The van der Waals surface area contributed by atoms with Crippen LogP contribution in [0.1, 0.15) is 54.1 Å². The Balaban J connectivity index is 1.77. The number of sulfonamides is 1. The van der Waals surface area contributed by atoms with Gasteiger partial charge in [0.1, 0.15) is 0 Å². The van der Waals surface area contributed by atoms with E-state index < -0.39 is 14.9 Å². The lowest BCUT2D eigenvalue weighted by Crippen LogP contribution is -2.27. The quantitative estimate of drug-likeness (QED) is 0.282. The number of nitrogens with zero attached hydrogens (tertiary/aromatic N) is 2. The van der Waals surface area contributed by atoms with Crippen molar-refractivity contribution in [1.29, 1.82) is 0 Å². The van der Waals surface area contributed by atoms with E-state index in [2.05, 4.69) is 0 Å². The van der Waals surface area contributed by atoms with E-state index in [9.17, 15) is 23.3 Å². The van der Waals surface area contributed by atoms with Gasteiger partial charge >= 0.3 is 0 Å². The average Bonchev–Trinajstić information content (AvgIpc) is 3.27. The number of hydrogen-bond donors (Lipinski definition) is 0. The Morgan fingerprint density at radius 1 is 1.10 bits per heavy atom. The number of nitro groups is 1. The number of benzene rings is 2. The molecule has 0 N–H and O–H groups in total. The lowest BCUT2D eigenvalue weighted by atomic mass is 9.99. The maximum Gasteiger partial charge on any atom is 0.273 e. The lowest BCUT2D eigenvalue weighted by Gasteiger charge is -2.15. The second kappa shape index (κ2) is 8.89. The molecule has 1 fully saturated rings. The molecule has 0 spiro atoms. The second-order valence-corrected chi connectivity index (χ2v) is 9.50. The summed E-state index contributed by atoms with van der Waals surface area (Å²) in [5.41, 5.74) is 1.56. The van der Waals surface area contributed by atoms with Gasteiger partial charge in [-0.25, -0.2) is 8.42 Å². The highest BCUT2D eigenvalue weighted by atomic mass is 32.2. The molecule has 1 aliphatic rings. The molecule has 0 atom stereocenters. The van der Waals surface area contributed by atoms with E-state index >= 15 is 0 Å². The molecule has 8 heteroatoms. The molecule has 0 aliphatic carbocycles. The van der Waals surface area contributed by atoms with Gasteiger partial charge in [0, 0.05) is 30.3 Å². The Kier molecular flexibility index (Phi) is 6.48. The molecular weight excluding hydrogens is 404 g/mol. The molecule has 1 aliphatic heterocycles. The number of rotatable bonds is 7. The molecule has 0 radical (unpaired) electrons. The lowest BCUT2D eigenvalue weighted by molar-refractivity contribution is -0.385. The van der Waals surface area contributed by atoms with Crippen molar-refractivity contribution in [2.24, 2.45) is 0 Å². The molecule has 7 nitrogen and oxygen atoms in total. The third-order valence-electron chi connectivity index (χ3n) is 5.14. The zero-order valence-electron chi connectivity index (χ0n) is 16.9. The summed E-state index contributed by atoms with van der Waals surface area (Å²) in [6, 6.07) is 10.7. The summed E-state index contributed by atoms with van der Waals surface area (Å²) in [4.78, 5) is 23.5. The Morgan fingerprint density at radius 3 is 2.30 bits per heavy atom. The molecule has 0 amide bonds. The van der Waals surface area contributed by atoms with Crippen molar-refractivity contribution in [2.45, 2.75) is 37.5 Å². The molecule has 2 aromatic rings. The van der Waals surface area contributed by atoms with Crippen LogP contribution in [0.15, 0.2) is 53.4 Å². The topological polar surface area (TPSA) is 97.6 Å². The summed E-state index contributed by atoms with van der Waals surface area (Å²) in [7, 11) is -3.52. The third kappa shape index (κ3) is 4.66. The molecule has 158 valence electrons. The smallest absolute Gasteiger partial charge is 0.273 e. The predicted octanol–water partition coefficient (Wildman–Crippen LogP) is 4.40. The first kappa shape index (κ1) is 21.9. The second-order valence-electron chi connectivity index (χ2n) is 7.56. The monoisotopic (exact) mass is 428 g/mol. The number of hydrogen-bond acceptors (Lipinski definition) is 5. The van der Waals surface area contributed by atoms with Crippen molar-refractivity contribution in [3.8, 4) is 0 Å². The van der Waals surface area contributed by atoms with Gasteiger partial charge in [0.05, 0.1) is 9.82 Å². The van der Waals surface area contributed by atoms with Crippen molar-refractivity contribution in [3.05, 3.63) is 75.3 Å². The Bertz CT molecular complexity index is 1080. The summed E-state index contributed by atoms with van der Waals surface area (Å²) < 4.78 is 26.6. The highest BCUT2D eigenvalue weighted by Crippen LogP contribution is 2.28. The fourth-order valence-electron chi connectivity index (χ4n) is 3.45.